The van der Waals surface area contributed by atoms with Crippen LogP contribution in [0.4, 0.5) is 0 Å². The highest BCUT2D eigenvalue weighted by atomic mass is 127. The largest absolute Gasteiger partial charge is 0.285 e. The fourth-order valence-corrected chi connectivity index (χ4v) is 0.644. The van der Waals surface area contributed by atoms with E-state index in [4.69, 9.17) is 5.84 Å². The quantitative estimate of drug-likeness (QED) is 0.377. The number of aliphatic imine (C=N–C) groups is 1. The molecule has 1 aliphatic rings. The number of hydrogen-bond acceptors (Lipinski definition) is 4. The maximum atomic E-state index is 5.09. The van der Waals surface area contributed by atoms with Crippen LogP contribution < -0.4 is 11.4 Å². The molecule has 0 spiro atoms. The molecule has 0 atom stereocenters. The van der Waals surface area contributed by atoms with E-state index in [2.05, 4.69) is 10.5 Å². The molecule has 0 saturated heterocycles. The molecular weight excluding hydrogens is 231 g/mol. The minimum atomic E-state index is 0. The smallest absolute Gasteiger partial charge is 0.100 e. The standard InChI is InChI=1S/C4H10N4.HI/c5-7-8-3-1-2-6-4-8;/h4,7H,1-3,5H2;1H. The van der Waals surface area contributed by atoms with Crippen molar-refractivity contribution >= 4 is 30.3 Å². The number of nitrogens with two attached hydrogens (primary N) is 1. The number of hydrazine groups is 2. The Morgan fingerprint density at radius 1 is 1.67 bits per heavy atom. The molecule has 9 heavy (non-hydrogen) atoms. The van der Waals surface area contributed by atoms with Crippen LogP contribution in [0.15, 0.2) is 4.99 Å². The molecule has 54 valence electrons. The van der Waals surface area contributed by atoms with Crippen molar-refractivity contribution in [1.29, 1.82) is 0 Å². The predicted molar refractivity (Wildman–Crippen MR) is 47.4 cm³/mol. The van der Waals surface area contributed by atoms with Crippen molar-refractivity contribution < 1.29 is 0 Å². The third kappa shape index (κ3) is 2.97. The van der Waals surface area contributed by atoms with Crippen LogP contribution in [0.2, 0.25) is 0 Å². The van der Waals surface area contributed by atoms with Crippen molar-refractivity contribution in [3.63, 3.8) is 0 Å². The zero-order valence-electron chi connectivity index (χ0n) is 5.08. The molecule has 3 N–H and O–H groups in total. The monoisotopic (exact) mass is 242 g/mol. The summed E-state index contributed by atoms with van der Waals surface area (Å²) in [5.74, 6) is 5.09. The van der Waals surface area contributed by atoms with E-state index in [1.807, 2.05) is 0 Å². The Balaban J connectivity index is 0.000000640. The number of rotatable bonds is 1. The molecule has 0 unspecified atom stereocenters. The summed E-state index contributed by atoms with van der Waals surface area (Å²) in [4.78, 5) is 3.99. The molecular formula is C4H11IN4. The van der Waals surface area contributed by atoms with Gasteiger partial charge >= 0.3 is 0 Å². The van der Waals surface area contributed by atoms with Gasteiger partial charge in [0.15, 0.2) is 0 Å². The first-order valence-electron chi connectivity index (χ1n) is 2.66. The summed E-state index contributed by atoms with van der Waals surface area (Å²) in [6, 6.07) is 0. The van der Waals surface area contributed by atoms with E-state index >= 15 is 0 Å². The second-order valence-corrected chi connectivity index (χ2v) is 1.70. The van der Waals surface area contributed by atoms with Gasteiger partial charge in [0.2, 0.25) is 0 Å². The average Bonchev–Trinajstić information content (AvgIpc) is 1.90. The molecule has 0 bridgehead atoms. The summed E-state index contributed by atoms with van der Waals surface area (Å²) in [6.07, 6.45) is 2.80. The van der Waals surface area contributed by atoms with Gasteiger partial charge in [0.1, 0.15) is 6.34 Å². The Morgan fingerprint density at radius 3 is 2.78 bits per heavy atom. The van der Waals surface area contributed by atoms with E-state index < -0.39 is 0 Å². The van der Waals surface area contributed by atoms with Crippen molar-refractivity contribution in [3.05, 3.63) is 0 Å². The van der Waals surface area contributed by atoms with Gasteiger partial charge in [-0.3, -0.25) is 15.8 Å². The van der Waals surface area contributed by atoms with Crippen molar-refractivity contribution in [2.75, 3.05) is 13.1 Å². The van der Waals surface area contributed by atoms with Crippen molar-refractivity contribution in [2.45, 2.75) is 6.42 Å². The van der Waals surface area contributed by atoms with Gasteiger partial charge < -0.3 is 0 Å². The Labute approximate surface area is 71.5 Å². The number of nitrogens with zero attached hydrogens (tertiary/aromatic N) is 2. The lowest BCUT2D eigenvalue weighted by Crippen LogP contribution is -2.44. The number of halogens is 1. The first-order chi connectivity index (χ1) is 3.93. The topological polar surface area (TPSA) is 53.6 Å². The summed E-state index contributed by atoms with van der Waals surface area (Å²) >= 11 is 0. The van der Waals surface area contributed by atoms with Crippen LogP contribution in [-0.2, 0) is 0 Å². The zero-order chi connectivity index (χ0) is 5.82. The highest BCUT2D eigenvalue weighted by Gasteiger charge is 1.98. The molecule has 0 fully saturated rings. The predicted octanol–water partition coefficient (Wildman–Crippen LogP) is -0.283. The molecule has 1 aliphatic heterocycles. The summed E-state index contributed by atoms with van der Waals surface area (Å²) < 4.78 is 0. The third-order valence-corrected chi connectivity index (χ3v) is 1.07. The Kier molecular flexibility index (Phi) is 5.02. The summed E-state index contributed by atoms with van der Waals surface area (Å²) in [5, 5.41) is 1.75. The van der Waals surface area contributed by atoms with Gasteiger partial charge in [-0.15, -0.1) is 24.0 Å². The summed E-state index contributed by atoms with van der Waals surface area (Å²) in [6.45, 7) is 1.89. The lowest BCUT2D eigenvalue weighted by molar-refractivity contribution is 0.308. The molecule has 1 rings (SSSR count). The fourth-order valence-electron chi connectivity index (χ4n) is 0.644. The Morgan fingerprint density at radius 2 is 2.44 bits per heavy atom. The second-order valence-electron chi connectivity index (χ2n) is 1.70. The van der Waals surface area contributed by atoms with E-state index in [1.165, 1.54) is 0 Å². The fraction of sp³-hybridized carbons (Fsp3) is 0.750. The first kappa shape index (κ1) is 9.12. The van der Waals surface area contributed by atoms with Gasteiger partial charge in [-0.25, -0.2) is 0 Å². The van der Waals surface area contributed by atoms with E-state index in [0.717, 1.165) is 19.5 Å². The summed E-state index contributed by atoms with van der Waals surface area (Å²) in [7, 11) is 0. The lowest BCUT2D eigenvalue weighted by Gasteiger charge is -2.19. The first-order valence-corrected chi connectivity index (χ1v) is 2.66. The molecule has 0 aromatic rings. The highest BCUT2D eigenvalue weighted by molar-refractivity contribution is 14.0. The van der Waals surface area contributed by atoms with Crippen LogP contribution in [0.3, 0.4) is 0 Å². The third-order valence-electron chi connectivity index (χ3n) is 1.07. The molecule has 0 aromatic heterocycles. The molecule has 4 nitrogen and oxygen atoms in total. The van der Waals surface area contributed by atoms with Crippen molar-refractivity contribution in [2.24, 2.45) is 10.8 Å². The van der Waals surface area contributed by atoms with Gasteiger partial charge in [0, 0.05) is 13.1 Å². The second kappa shape index (κ2) is 4.95. The van der Waals surface area contributed by atoms with E-state index in [0.29, 0.717) is 0 Å². The minimum Gasteiger partial charge on any atom is -0.285 e. The van der Waals surface area contributed by atoms with Gasteiger partial charge in [0.05, 0.1) is 0 Å². The van der Waals surface area contributed by atoms with Gasteiger partial charge in [-0.2, -0.15) is 5.53 Å². The van der Waals surface area contributed by atoms with Crippen molar-refractivity contribution in [1.82, 2.24) is 10.5 Å². The molecule has 5 heteroatoms. The SMILES string of the molecule is I.NNN1C=NCCC1. The molecule has 0 amide bonds. The molecule has 0 saturated carbocycles. The Hall–Kier alpha value is 0.120. The minimum absolute atomic E-state index is 0. The van der Waals surface area contributed by atoms with Crippen LogP contribution in [-0.4, -0.2) is 24.4 Å². The maximum Gasteiger partial charge on any atom is 0.100 e. The van der Waals surface area contributed by atoms with Crippen LogP contribution in [0.1, 0.15) is 6.42 Å². The molecule has 0 aromatic carbocycles. The highest BCUT2D eigenvalue weighted by Crippen LogP contribution is 1.89. The van der Waals surface area contributed by atoms with E-state index in [9.17, 15) is 0 Å². The molecule has 0 aliphatic carbocycles. The zero-order valence-corrected chi connectivity index (χ0v) is 7.41. The van der Waals surface area contributed by atoms with E-state index in [-0.39, 0.29) is 24.0 Å². The van der Waals surface area contributed by atoms with Gasteiger partial charge in [-0.1, -0.05) is 0 Å². The van der Waals surface area contributed by atoms with Crippen LogP contribution in [0, 0.1) is 0 Å². The van der Waals surface area contributed by atoms with Crippen LogP contribution in [0.25, 0.3) is 0 Å². The maximum absolute atomic E-state index is 5.09. The van der Waals surface area contributed by atoms with Crippen LogP contribution >= 0.6 is 24.0 Å². The number of nitrogens with one attached hydrogen (secondary N) is 1. The summed E-state index contributed by atoms with van der Waals surface area (Å²) in [5.41, 5.74) is 2.49. The lowest BCUT2D eigenvalue weighted by atomic mass is 10.4. The van der Waals surface area contributed by atoms with Crippen molar-refractivity contribution in [3.8, 4) is 0 Å². The average molecular weight is 242 g/mol. The Bertz CT molecular complexity index is 94.6. The van der Waals surface area contributed by atoms with Gasteiger partial charge in [-0.05, 0) is 6.42 Å². The normalized spacial score (nSPS) is 17.2. The number of hydrogen-bond donors (Lipinski definition) is 2. The van der Waals surface area contributed by atoms with Crippen LogP contribution in [0.5, 0.6) is 0 Å². The molecule has 1 heterocycles. The van der Waals surface area contributed by atoms with Gasteiger partial charge in [0.25, 0.3) is 0 Å². The molecule has 0 radical (unpaired) electrons. The van der Waals surface area contributed by atoms with E-state index in [1.54, 1.807) is 11.3 Å².